The molecule has 188 valence electrons. The molecule has 1 aliphatic carbocycles. The summed E-state index contributed by atoms with van der Waals surface area (Å²) in [6.45, 7) is 4.19. The van der Waals surface area contributed by atoms with E-state index in [4.69, 9.17) is 4.74 Å². The van der Waals surface area contributed by atoms with Gasteiger partial charge in [-0.15, -0.1) is 0 Å². The van der Waals surface area contributed by atoms with Gasteiger partial charge in [-0.1, -0.05) is 30.3 Å². The monoisotopic (exact) mass is 488 g/mol. The van der Waals surface area contributed by atoms with E-state index in [0.29, 0.717) is 37.4 Å². The molecule has 2 heterocycles. The molecule has 8 heteroatoms. The van der Waals surface area contributed by atoms with Crippen molar-refractivity contribution >= 4 is 23.4 Å². The van der Waals surface area contributed by atoms with Crippen LogP contribution in [0.1, 0.15) is 47.4 Å². The Morgan fingerprint density at radius 2 is 1.94 bits per heavy atom. The van der Waals surface area contributed by atoms with E-state index in [1.165, 1.54) is 6.92 Å². The number of nitrogens with one attached hydrogen (secondary N) is 2. The van der Waals surface area contributed by atoms with Gasteiger partial charge in [0.1, 0.15) is 5.82 Å². The van der Waals surface area contributed by atoms with Crippen molar-refractivity contribution in [1.29, 1.82) is 0 Å². The van der Waals surface area contributed by atoms with Crippen molar-refractivity contribution in [2.75, 3.05) is 32.6 Å². The number of ether oxygens (including phenoxy) is 1. The number of Topliss-reactive ketones (excluding diaryl/α,β-unsaturated/α-hetero) is 1. The lowest BCUT2D eigenvalue weighted by Crippen LogP contribution is -2.46. The van der Waals surface area contributed by atoms with Crippen LogP contribution in [0.4, 0.5) is 5.82 Å². The number of amides is 2. The first-order chi connectivity index (χ1) is 17.2. The van der Waals surface area contributed by atoms with Crippen molar-refractivity contribution in [3.8, 4) is 11.3 Å². The highest BCUT2D eigenvalue weighted by atomic mass is 16.5. The molecular formula is C28H32N4O4. The van der Waals surface area contributed by atoms with Crippen molar-refractivity contribution in [3.63, 3.8) is 0 Å². The number of methoxy groups -OCH3 is 1. The first kappa shape index (κ1) is 25.3. The van der Waals surface area contributed by atoms with Crippen LogP contribution in [0.15, 0.2) is 48.7 Å². The summed E-state index contributed by atoms with van der Waals surface area (Å²) in [4.78, 5) is 47.9. The van der Waals surface area contributed by atoms with Gasteiger partial charge in [0.25, 0.3) is 0 Å². The van der Waals surface area contributed by atoms with Gasteiger partial charge >= 0.3 is 0 Å². The minimum atomic E-state index is -0.849. The van der Waals surface area contributed by atoms with Crippen molar-refractivity contribution < 1.29 is 19.1 Å². The standard InChI is InChI=1S/C28H32N4O4/c1-18(33)30-24-15-20(10-11-29-24)26-21(14-19-8-6-5-7-9-19)25-22(31-26)16-28(2,17-23(25)34)27(35)32(3)12-13-36-4/h5-11,15,31H,12-14,16-17H2,1-4H3,(H,29,30,33). The van der Waals surface area contributed by atoms with E-state index in [1.807, 2.05) is 43.3 Å². The third-order valence-electron chi connectivity index (χ3n) is 6.65. The number of anilines is 1. The first-order valence-electron chi connectivity index (χ1n) is 12.0. The molecule has 0 bridgehead atoms. The molecule has 3 aromatic rings. The number of benzene rings is 1. The average molecular weight is 489 g/mol. The molecule has 2 aromatic heterocycles. The molecule has 1 unspecified atom stereocenters. The van der Waals surface area contributed by atoms with Crippen LogP contribution in [-0.4, -0.2) is 59.8 Å². The van der Waals surface area contributed by atoms with Crippen molar-refractivity contribution in [2.24, 2.45) is 5.41 Å². The smallest absolute Gasteiger partial charge is 0.229 e. The van der Waals surface area contributed by atoms with Gasteiger partial charge in [0.05, 0.1) is 17.7 Å². The summed E-state index contributed by atoms with van der Waals surface area (Å²) in [5, 5.41) is 2.72. The van der Waals surface area contributed by atoms with Crippen LogP contribution < -0.4 is 5.32 Å². The highest BCUT2D eigenvalue weighted by Gasteiger charge is 2.44. The number of fused-ring (bicyclic) bond motifs is 1. The summed E-state index contributed by atoms with van der Waals surface area (Å²) < 4.78 is 5.12. The first-order valence-corrected chi connectivity index (χ1v) is 12.0. The Morgan fingerprint density at radius 1 is 1.19 bits per heavy atom. The lowest BCUT2D eigenvalue weighted by Gasteiger charge is -2.35. The largest absolute Gasteiger partial charge is 0.383 e. The second-order valence-electron chi connectivity index (χ2n) is 9.66. The molecule has 1 atom stereocenters. The molecule has 36 heavy (non-hydrogen) atoms. The molecule has 1 aromatic carbocycles. The predicted molar refractivity (Wildman–Crippen MR) is 138 cm³/mol. The number of hydrogen-bond acceptors (Lipinski definition) is 5. The number of pyridine rings is 1. The maximum absolute atomic E-state index is 13.6. The SMILES string of the molecule is COCCN(C)C(=O)C1(C)CC(=O)c2c([nH]c(-c3ccnc(NC(C)=O)c3)c2Cc2ccccc2)C1. The summed E-state index contributed by atoms with van der Waals surface area (Å²) in [5.74, 6) is 0.106. The number of H-pyrrole nitrogens is 1. The number of aromatic nitrogens is 2. The summed E-state index contributed by atoms with van der Waals surface area (Å²) in [5.41, 5.74) is 4.16. The highest BCUT2D eigenvalue weighted by Crippen LogP contribution is 2.41. The number of aromatic amines is 1. The average Bonchev–Trinajstić information content (AvgIpc) is 3.20. The van der Waals surface area contributed by atoms with E-state index in [9.17, 15) is 14.4 Å². The molecule has 8 nitrogen and oxygen atoms in total. The number of hydrogen-bond donors (Lipinski definition) is 2. The molecule has 1 aliphatic rings. The lowest BCUT2D eigenvalue weighted by atomic mass is 9.72. The molecule has 0 radical (unpaired) electrons. The van der Waals surface area contributed by atoms with E-state index in [2.05, 4.69) is 15.3 Å². The van der Waals surface area contributed by atoms with Crippen LogP contribution >= 0.6 is 0 Å². The van der Waals surface area contributed by atoms with Crippen LogP contribution in [0.25, 0.3) is 11.3 Å². The molecule has 4 rings (SSSR count). The number of likely N-dealkylation sites (N-methyl/N-ethyl adjacent to an activating group) is 1. The Kier molecular flexibility index (Phi) is 7.35. The second-order valence-corrected chi connectivity index (χ2v) is 9.66. The van der Waals surface area contributed by atoms with Gasteiger partial charge < -0.3 is 19.9 Å². The summed E-state index contributed by atoms with van der Waals surface area (Å²) in [6, 6.07) is 13.6. The molecule has 0 spiro atoms. The molecular weight excluding hydrogens is 456 g/mol. The topological polar surface area (TPSA) is 104 Å². The lowest BCUT2D eigenvalue weighted by molar-refractivity contribution is -0.140. The number of ketones is 1. The van der Waals surface area contributed by atoms with E-state index in [-0.39, 0.29) is 24.0 Å². The third kappa shape index (κ3) is 5.23. The Hall–Kier alpha value is -3.78. The van der Waals surface area contributed by atoms with Crippen molar-refractivity contribution in [1.82, 2.24) is 14.9 Å². The highest BCUT2D eigenvalue weighted by molar-refractivity contribution is 6.05. The van der Waals surface area contributed by atoms with Crippen LogP contribution in [0.3, 0.4) is 0 Å². The Bertz CT molecular complexity index is 1280. The van der Waals surface area contributed by atoms with Crippen LogP contribution in [-0.2, 0) is 27.2 Å². The third-order valence-corrected chi connectivity index (χ3v) is 6.65. The predicted octanol–water partition coefficient (Wildman–Crippen LogP) is 3.87. The van der Waals surface area contributed by atoms with Crippen LogP contribution in [0.2, 0.25) is 0 Å². The normalized spacial score (nSPS) is 16.9. The van der Waals surface area contributed by atoms with Crippen molar-refractivity contribution in [3.05, 3.63) is 71.0 Å². The maximum Gasteiger partial charge on any atom is 0.229 e. The van der Waals surface area contributed by atoms with Gasteiger partial charge in [-0.05, 0) is 30.2 Å². The van der Waals surface area contributed by atoms with E-state index in [0.717, 1.165) is 28.1 Å². The summed E-state index contributed by atoms with van der Waals surface area (Å²) >= 11 is 0. The van der Waals surface area contributed by atoms with Gasteiger partial charge in [0, 0.05) is 69.9 Å². The van der Waals surface area contributed by atoms with E-state index in [1.54, 1.807) is 31.3 Å². The Balaban J connectivity index is 1.78. The van der Waals surface area contributed by atoms with Gasteiger partial charge in [-0.25, -0.2) is 4.98 Å². The fourth-order valence-electron chi connectivity index (χ4n) is 4.96. The number of rotatable bonds is 8. The molecule has 2 N–H and O–H groups in total. The Morgan fingerprint density at radius 3 is 2.64 bits per heavy atom. The van der Waals surface area contributed by atoms with Crippen LogP contribution in [0, 0.1) is 5.41 Å². The van der Waals surface area contributed by atoms with Gasteiger partial charge in [0.15, 0.2) is 5.78 Å². The van der Waals surface area contributed by atoms with E-state index < -0.39 is 5.41 Å². The molecule has 0 aliphatic heterocycles. The minimum Gasteiger partial charge on any atom is -0.383 e. The molecule has 0 fully saturated rings. The maximum atomic E-state index is 13.6. The van der Waals surface area contributed by atoms with E-state index >= 15 is 0 Å². The van der Waals surface area contributed by atoms with Crippen LogP contribution in [0.5, 0.6) is 0 Å². The molecule has 0 saturated carbocycles. The summed E-state index contributed by atoms with van der Waals surface area (Å²) in [6.07, 6.45) is 2.76. The van der Waals surface area contributed by atoms with Gasteiger partial charge in [0.2, 0.25) is 11.8 Å². The van der Waals surface area contributed by atoms with Gasteiger partial charge in [-0.2, -0.15) is 0 Å². The summed E-state index contributed by atoms with van der Waals surface area (Å²) in [7, 11) is 3.34. The number of nitrogens with zero attached hydrogens (tertiary/aromatic N) is 2. The quantitative estimate of drug-likeness (QED) is 0.501. The number of carbonyl (C=O) groups is 3. The van der Waals surface area contributed by atoms with Gasteiger partial charge in [-0.3, -0.25) is 14.4 Å². The fraction of sp³-hybridized carbons (Fsp3) is 0.357. The molecule has 0 saturated heterocycles. The second kappa shape index (κ2) is 10.5. The molecule has 2 amide bonds. The Labute approximate surface area is 211 Å². The van der Waals surface area contributed by atoms with Crippen molar-refractivity contribution in [2.45, 2.75) is 33.1 Å². The fourth-order valence-corrected chi connectivity index (χ4v) is 4.96. The minimum absolute atomic E-state index is 0.0446. The zero-order valence-electron chi connectivity index (χ0n) is 21.2. The zero-order valence-corrected chi connectivity index (χ0v) is 21.2. The number of carbonyl (C=O) groups excluding carboxylic acids is 3. The zero-order chi connectivity index (χ0) is 25.9.